The van der Waals surface area contributed by atoms with Crippen molar-refractivity contribution in [1.29, 1.82) is 0 Å². The second-order valence-electron chi connectivity index (χ2n) is 5.91. The van der Waals surface area contributed by atoms with Crippen LogP contribution in [-0.2, 0) is 11.2 Å². The molecule has 3 aromatic rings. The number of carbonyl (C=O) groups excluding carboxylic acids is 1. The lowest BCUT2D eigenvalue weighted by molar-refractivity contribution is -0.116. The fourth-order valence-corrected chi connectivity index (χ4v) is 3.38. The number of nitrogens with zero attached hydrogens (tertiary/aromatic N) is 2. The molecule has 0 aliphatic rings. The number of amides is 1. The van der Waals surface area contributed by atoms with Gasteiger partial charge in [0.25, 0.3) is 5.56 Å². The minimum absolute atomic E-state index is 0.158. The summed E-state index contributed by atoms with van der Waals surface area (Å²) >= 11 is 1.40. The Morgan fingerprint density at radius 2 is 2.19 bits per heavy atom. The van der Waals surface area contributed by atoms with E-state index in [1.807, 2.05) is 25.3 Å². The number of ether oxygens (including phenoxy) is 1. The lowest BCUT2D eigenvalue weighted by atomic mass is 10.1. The lowest BCUT2D eigenvalue weighted by Gasteiger charge is -2.06. The Balaban J connectivity index is 1.68. The standard InChI is InChI=1S/C18H20N4O3S/c1-11-10-26-18(19-11)22-17(24)15(12(2)21-22)7-8-16(23)20-13-5-4-6-14(9-13)25-3/h4-6,9-10,21H,7-8H2,1-3H3,(H,20,23). The van der Waals surface area contributed by atoms with E-state index in [1.165, 1.54) is 16.0 Å². The number of thiazole rings is 1. The molecule has 2 aromatic heterocycles. The molecular formula is C18H20N4O3S. The van der Waals surface area contributed by atoms with Crippen molar-refractivity contribution in [2.75, 3.05) is 12.4 Å². The van der Waals surface area contributed by atoms with Crippen LogP contribution in [0.15, 0.2) is 34.4 Å². The van der Waals surface area contributed by atoms with E-state index in [4.69, 9.17) is 4.74 Å². The summed E-state index contributed by atoms with van der Waals surface area (Å²) in [6.07, 6.45) is 0.566. The SMILES string of the molecule is COc1cccc(NC(=O)CCc2c(C)[nH]n(-c3nc(C)cs3)c2=O)c1. The zero-order chi connectivity index (χ0) is 18.7. The molecule has 0 radical (unpaired) electrons. The van der Waals surface area contributed by atoms with Gasteiger partial charge in [-0.05, 0) is 32.4 Å². The molecule has 136 valence electrons. The molecule has 1 aromatic carbocycles. The highest BCUT2D eigenvalue weighted by atomic mass is 32.1. The molecule has 0 aliphatic heterocycles. The number of rotatable bonds is 6. The van der Waals surface area contributed by atoms with Gasteiger partial charge in [0, 0.05) is 34.8 Å². The van der Waals surface area contributed by atoms with E-state index in [0.717, 1.165) is 11.4 Å². The molecule has 0 bridgehead atoms. The molecule has 2 N–H and O–H groups in total. The highest BCUT2D eigenvalue weighted by molar-refractivity contribution is 7.12. The van der Waals surface area contributed by atoms with Crippen LogP contribution in [0.1, 0.15) is 23.4 Å². The first-order chi connectivity index (χ1) is 12.5. The lowest BCUT2D eigenvalue weighted by Crippen LogP contribution is -2.19. The summed E-state index contributed by atoms with van der Waals surface area (Å²) in [6.45, 7) is 3.71. The van der Waals surface area contributed by atoms with Crippen molar-refractivity contribution in [2.45, 2.75) is 26.7 Å². The molecule has 0 atom stereocenters. The van der Waals surface area contributed by atoms with Crippen molar-refractivity contribution < 1.29 is 9.53 Å². The topological polar surface area (TPSA) is 89.0 Å². The average Bonchev–Trinajstić information content (AvgIpc) is 3.16. The summed E-state index contributed by atoms with van der Waals surface area (Å²) in [6, 6.07) is 7.15. The number of hydrogen-bond donors (Lipinski definition) is 2. The molecule has 26 heavy (non-hydrogen) atoms. The third kappa shape index (κ3) is 3.85. The van der Waals surface area contributed by atoms with Crippen LogP contribution in [0, 0.1) is 13.8 Å². The van der Waals surface area contributed by atoms with E-state index in [9.17, 15) is 9.59 Å². The van der Waals surface area contributed by atoms with Crippen molar-refractivity contribution in [3.05, 3.63) is 57.0 Å². The molecule has 0 saturated heterocycles. The number of methoxy groups -OCH3 is 1. The first-order valence-corrected chi connectivity index (χ1v) is 9.03. The van der Waals surface area contributed by atoms with Gasteiger partial charge < -0.3 is 10.1 Å². The smallest absolute Gasteiger partial charge is 0.276 e. The summed E-state index contributed by atoms with van der Waals surface area (Å²) in [5, 5.41) is 8.34. The Hall–Kier alpha value is -2.87. The van der Waals surface area contributed by atoms with Crippen LogP contribution in [-0.4, -0.2) is 27.8 Å². The molecule has 8 heteroatoms. The summed E-state index contributed by atoms with van der Waals surface area (Å²) < 4.78 is 6.57. The number of hydrogen-bond acceptors (Lipinski definition) is 5. The molecule has 0 fully saturated rings. The number of carbonyl (C=O) groups is 1. The highest BCUT2D eigenvalue weighted by Crippen LogP contribution is 2.17. The molecule has 7 nitrogen and oxygen atoms in total. The average molecular weight is 372 g/mol. The van der Waals surface area contributed by atoms with Crippen molar-refractivity contribution in [3.63, 3.8) is 0 Å². The second kappa shape index (κ2) is 7.57. The quantitative estimate of drug-likeness (QED) is 0.696. The summed E-state index contributed by atoms with van der Waals surface area (Å²) in [7, 11) is 1.57. The van der Waals surface area contributed by atoms with Crippen LogP contribution >= 0.6 is 11.3 Å². The minimum Gasteiger partial charge on any atom is -0.497 e. The minimum atomic E-state index is -0.161. The number of aryl methyl sites for hydroxylation is 2. The molecule has 0 spiro atoms. The number of aromatic nitrogens is 3. The monoisotopic (exact) mass is 372 g/mol. The second-order valence-corrected chi connectivity index (χ2v) is 6.74. The van der Waals surface area contributed by atoms with Gasteiger partial charge in [-0.25, -0.2) is 4.98 Å². The fourth-order valence-electron chi connectivity index (χ4n) is 2.62. The fraction of sp³-hybridized carbons (Fsp3) is 0.278. The first kappa shape index (κ1) is 17.9. The largest absolute Gasteiger partial charge is 0.497 e. The third-order valence-corrected chi connectivity index (χ3v) is 4.89. The molecule has 0 unspecified atom stereocenters. The predicted molar refractivity (Wildman–Crippen MR) is 101 cm³/mol. The van der Waals surface area contributed by atoms with Gasteiger partial charge in [-0.2, -0.15) is 4.68 Å². The maximum absolute atomic E-state index is 12.6. The maximum Gasteiger partial charge on any atom is 0.276 e. The Kier molecular flexibility index (Phi) is 5.22. The Labute approximate surface area is 154 Å². The molecule has 0 saturated carbocycles. The third-order valence-electron chi connectivity index (χ3n) is 3.95. The predicted octanol–water partition coefficient (Wildman–Crippen LogP) is 2.82. The molecular weight excluding hydrogens is 352 g/mol. The van der Waals surface area contributed by atoms with Gasteiger partial charge >= 0.3 is 0 Å². The van der Waals surface area contributed by atoms with E-state index in [0.29, 0.717) is 28.6 Å². The van der Waals surface area contributed by atoms with Crippen LogP contribution in [0.5, 0.6) is 5.75 Å². The Bertz CT molecular complexity index is 986. The van der Waals surface area contributed by atoms with Gasteiger partial charge in [-0.3, -0.25) is 14.7 Å². The number of anilines is 1. The van der Waals surface area contributed by atoms with Crippen LogP contribution in [0.2, 0.25) is 0 Å². The van der Waals surface area contributed by atoms with Crippen molar-refractivity contribution in [1.82, 2.24) is 14.8 Å². The van der Waals surface area contributed by atoms with Crippen LogP contribution in [0.3, 0.4) is 0 Å². The van der Waals surface area contributed by atoms with Gasteiger partial charge in [-0.15, -0.1) is 11.3 Å². The van der Waals surface area contributed by atoms with E-state index in [-0.39, 0.29) is 17.9 Å². The summed E-state index contributed by atoms with van der Waals surface area (Å²) in [4.78, 5) is 29.1. The first-order valence-electron chi connectivity index (χ1n) is 8.15. The van der Waals surface area contributed by atoms with Crippen LogP contribution in [0.4, 0.5) is 5.69 Å². The van der Waals surface area contributed by atoms with E-state index >= 15 is 0 Å². The molecule has 3 rings (SSSR count). The van der Waals surface area contributed by atoms with Crippen molar-refractivity contribution in [3.8, 4) is 10.9 Å². The summed E-state index contributed by atoms with van der Waals surface area (Å²) in [5.74, 6) is 0.515. The van der Waals surface area contributed by atoms with Gasteiger partial charge in [0.05, 0.1) is 12.8 Å². The van der Waals surface area contributed by atoms with Gasteiger partial charge in [-0.1, -0.05) is 6.07 Å². The van der Waals surface area contributed by atoms with Gasteiger partial charge in [0.2, 0.25) is 11.0 Å². The number of H-pyrrole nitrogens is 1. The zero-order valence-corrected chi connectivity index (χ0v) is 15.6. The molecule has 1 amide bonds. The van der Waals surface area contributed by atoms with E-state index in [1.54, 1.807) is 25.3 Å². The maximum atomic E-state index is 12.6. The van der Waals surface area contributed by atoms with Crippen molar-refractivity contribution in [2.24, 2.45) is 0 Å². The van der Waals surface area contributed by atoms with Gasteiger partial charge in [0.15, 0.2) is 0 Å². The van der Waals surface area contributed by atoms with Gasteiger partial charge in [0.1, 0.15) is 5.75 Å². The number of nitrogens with one attached hydrogen (secondary N) is 2. The van der Waals surface area contributed by atoms with Crippen LogP contribution in [0.25, 0.3) is 5.13 Å². The molecule has 0 aliphatic carbocycles. The Morgan fingerprint density at radius 1 is 1.38 bits per heavy atom. The molecule has 2 heterocycles. The highest BCUT2D eigenvalue weighted by Gasteiger charge is 2.15. The van der Waals surface area contributed by atoms with E-state index < -0.39 is 0 Å². The van der Waals surface area contributed by atoms with Crippen LogP contribution < -0.4 is 15.6 Å². The van der Waals surface area contributed by atoms with E-state index in [2.05, 4.69) is 15.4 Å². The Morgan fingerprint density at radius 3 is 2.88 bits per heavy atom. The summed E-state index contributed by atoms with van der Waals surface area (Å²) in [5.41, 5.74) is 2.71. The number of aromatic amines is 1. The normalized spacial score (nSPS) is 10.7. The van der Waals surface area contributed by atoms with Crippen molar-refractivity contribution >= 4 is 22.9 Å². The zero-order valence-electron chi connectivity index (χ0n) is 14.8. The number of benzene rings is 1.